The van der Waals surface area contributed by atoms with E-state index in [9.17, 15) is 0 Å². The van der Waals surface area contributed by atoms with Gasteiger partial charge in [-0.2, -0.15) is 0 Å². The summed E-state index contributed by atoms with van der Waals surface area (Å²) in [6, 6.07) is 6.38. The Morgan fingerprint density at radius 2 is 1.34 bits per heavy atom. The lowest BCUT2D eigenvalue weighted by molar-refractivity contribution is -0.0136. The summed E-state index contributed by atoms with van der Waals surface area (Å²) in [5.74, 6) is 0.669. The van der Waals surface area contributed by atoms with Crippen LogP contribution in [0.3, 0.4) is 0 Å². The molecule has 2 N–H and O–H groups in total. The van der Waals surface area contributed by atoms with Gasteiger partial charge in [-0.3, -0.25) is 5.43 Å². The van der Waals surface area contributed by atoms with Gasteiger partial charge in [-0.05, 0) is 82.4 Å². The van der Waals surface area contributed by atoms with Crippen LogP contribution in [0, 0.1) is 10.8 Å². The predicted octanol–water partition coefficient (Wildman–Crippen LogP) is 6.08. The second-order valence-electron chi connectivity index (χ2n) is 12.1. The predicted molar refractivity (Wildman–Crippen MR) is 134 cm³/mol. The molecule has 0 radical (unpaired) electrons. The number of aromatic nitrogens is 2. The van der Waals surface area contributed by atoms with Crippen LogP contribution >= 0.6 is 0 Å². The van der Waals surface area contributed by atoms with E-state index in [0.29, 0.717) is 5.95 Å². The zero-order valence-corrected chi connectivity index (χ0v) is 21.3. The first-order valence-corrected chi connectivity index (χ1v) is 12.2. The number of hydrogen-bond donors (Lipinski definition) is 2. The van der Waals surface area contributed by atoms with Crippen LogP contribution in [0.4, 0.5) is 11.6 Å². The third-order valence-electron chi connectivity index (χ3n) is 9.11. The van der Waals surface area contributed by atoms with Crippen LogP contribution in [-0.4, -0.2) is 44.2 Å². The average Bonchev–Trinajstić information content (AvgIpc) is 2.70. The molecule has 176 valence electrons. The van der Waals surface area contributed by atoms with Gasteiger partial charge in [0, 0.05) is 41.4 Å². The van der Waals surface area contributed by atoms with E-state index >= 15 is 0 Å². The molecule has 6 heteroatoms. The lowest BCUT2D eigenvalue weighted by Gasteiger charge is -2.53. The average molecular weight is 439 g/mol. The molecule has 0 bridgehead atoms. The van der Waals surface area contributed by atoms with Crippen molar-refractivity contribution in [3.05, 3.63) is 24.4 Å². The highest BCUT2D eigenvalue weighted by molar-refractivity contribution is 5.82. The van der Waals surface area contributed by atoms with Gasteiger partial charge in [-0.1, -0.05) is 27.7 Å². The number of rotatable bonds is 4. The lowest BCUT2D eigenvalue weighted by Crippen LogP contribution is -2.59. The summed E-state index contributed by atoms with van der Waals surface area (Å²) in [4.78, 5) is 9.47. The fourth-order valence-corrected chi connectivity index (χ4v) is 5.08. The van der Waals surface area contributed by atoms with Gasteiger partial charge >= 0.3 is 0 Å². The first kappa shape index (κ1) is 23.2. The maximum atomic E-state index is 4.82. The van der Waals surface area contributed by atoms with Crippen molar-refractivity contribution < 1.29 is 0 Å². The van der Waals surface area contributed by atoms with Crippen molar-refractivity contribution in [1.29, 1.82) is 0 Å². The molecule has 0 saturated carbocycles. The summed E-state index contributed by atoms with van der Waals surface area (Å²) in [7, 11) is 0. The minimum Gasteiger partial charge on any atom is -0.318 e. The molecule has 2 saturated heterocycles. The van der Waals surface area contributed by atoms with Crippen LogP contribution in [0.15, 0.2) is 24.4 Å². The van der Waals surface area contributed by atoms with E-state index in [4.69, 9.17) is 4.98 Å². The topological polar surface area (TPSA) is 56.3 Å². The Morgan fingerprint density at radius 1 is 0.781 bits per heavy atom. The van der Waals surface area contributed by atoms with Gasteiger partial charge in [0.25, 0.3) is 0 Å². The van der Waals surface area contributed by atoms with Gasteiger partial charge in [0.15, 0.2) is 0 Å². The highest BCUT2D eigenvalue weighted by atomic mass is 15.6. The molecule has 0 unspecified atom stereocenters. The maximum absolute atomic E-state index is 4.82. The molecular weight excluding hydrogens is 396 g/mol. The van der Waals surface area contributed by atoms with Crippen molar-refractivity contribution in [2.24, 2.45) is 10.8 Å². The molecule has 2 fully saturated rings. The largest absolute Gasteiger partial charge is 0.318 e. The number of benzene rings is 1. The number of hydrazine groups is 2. The van der Waals surface area contributed by atoms with Crippen LogP contribution in [0.2, 0.25) is 0 Å². The molecule has 2 aromatic rings. The standard InChI is InChI=1S/C26H42N6/c1-23(2)13-9-15-31(25(23,5)6)29-20-11-12-21-19(17-20)18-27-22(28-21)30-32-16-10-14-24(3,4)26(32,7)8/h11-12,17-18,29H,9-10,13-16H2,1-8H3,(H,27,28,30). The molecule has 2 aliphatic heterocycles. The van der Waals surface area contributed by atoms with E-state index < -0.39 is 0 Å². The number of nitrogens with one attached hydrogen (secondary N) is 2. The summed E-state index contributed by atoms with van der Waals surface area (Å²) in [6.07, 6.45) is 6.81. The van der Waals surface area contributed by atoms with Crippen LogP contribution in [0.25, 0.3) is 10.9 Å². The first-order chi connectivity index (χ1) is 14.8. The van der Waals surface area contributed by atoms with Crippen molar-refractivity contribution in [2.45, 2.75) is 92.2 Å². The lowest BCUT2D eigenvalue weighted by atomic mass is 9.69. The Kier molecular flexibility index (Phi) is 5.70. The fraction of sp³-hybridized carbons (Fsp3) is 0.692. The Bertz CT molecular complexity index is 898. The fourth-order valence-electron chi connectivity index (χ4n) is 5.08. The van der Waals surface area contributed by atoms with E-state index in [2.05, 4.69) is 99.4 Å². The summed E-state index contributed by atoms with van der Waals surface area (Å²) < 4.78 is 0. The van der Waals surface area contributed by atoms with Crippen LogP contribution < -0.4 is 10.9 Å². The second-order valence-corrected chi connectivity index (χ2v) is 12.1. The molecular formula is C26H42N6. The number of piperidine rings is 2. The number of nitrogens with zero attached hydrogens (tertiary/aromatic N) is 4. The zero-order valence-electron chi connectivity index (χ0n) is 21.3. The Labute approximate surface area is 194 Å². The monoisotopic (exact) mass is 438 g/mol. The molecule has 1 aromatic carbocycles. The van der Waals surface area contributed by atoms with Gasteiger partial charge in [0.05, 0.1) is 5.52 Å². The summed E-state index contributed by atoms with van der Waals surface area (Å²) in [5.41, 5.74) is 9.80. The summed E-state index contributed by atoms with van der Waals surface area (Å²) in [6.45, 7) is 20.8. The Balaban J connectivity index is 1.52. The molecule has 0 aliphatic carbocycles. The molecule has 1 aromatic heterocycles. The number of hydrogen-bond acceptors (Lipinski definition) is 6. The third kappa shape index (κ3) is 3.96. The van der Waals surface area contributed by atoms with Gasteiger partial charge in [0.2, 0.25) is 5.95 Å². The van der Waals surface area contributed by atoms with Crippen molar-refractivity contribution in [3.8, 4) is 0 Å². The van der Waals surface area contributed by atoms with E-state index in [0.717, 1.165) is 29.7 Å². The summed E-state index contributed by atoms with van der Waals surface area (Å²) >= 11 is 0. The van der Waals surface area contributed by atoms with Crippen molar-refractivity contribution in [2.75, 3.05) is 23.9 Å². The normalized spacial score (nSPS) is 24.9. The minimum absolute atomic E-state index is 0.0202. The molecule has 0 amide bonds. The SMILES string of the molecule is CC1(C)CCCN(Nc2ccc3nc(NN4CCCC(C)(C)C4(C)C)ncc3c2)C1(C)C. The Morgan fingerprint density at radius 3 is 1.94 bits per heavy atom. The van der Waals surface area contributed by atoms with E-state index in [-0.39, 0.29) is 21.9 Å². The molecule has 4 rings (SSSR count). The quantitative estimate of drug-likeness (QED) is 0.603. The molecule has 0 atom stereocenters. The van der Waals surface area contributed by atoms with E-state index in [1.807, 2.05) is 6.20 Å². The van der Waals surface area contributed by atoms with Crippen LogP contribution in [0.1, 0.15) is 81.1 Å². The highest BCUT2D eigenvalue weighted by Gasteiger charge is 2.45. The number of fused-ring (bicyclic) bond motifs is 1. The van der Waals surface area contributed by atoms with Gasteiger partial charge < -0.3 is 5.43 Å². The Hall–Kier alpha value is -1.92. The van der Waals surface area contributed by atoms with Crippen molar-refractivity contribution in [1.82, 2.24) is 20.0 Å². The van der Waals surface area contributed by atoms with Crippen molar-refractivity contribution >= 4 is 22.5 Å². The summed E-state index contributed by atoms with van der Waals surface area (Å²) in [5, 5.41) is 5.76. The molecule has 3 heterocycles. The van der Waals surface area contributed by atoms with Gasteiger partial charge in [-0.25, -0.2) is 20.0 Å². The number of anilines is 2. The van der Waals surface area contributed by atoms with E-state index in [1.165, 1.54) is 25.7 Å². The van der Waals surface area contributed by atoms with Crippen LogP contribution in [-0.2, 0) is 0 Å². The molecule has 32 heavy (non-hydrogen) atoms. The van der Waals surface area contributed by atoms with Crippen molar-refractivity contribution in [3.63, 3.8) is 0 Å². The molecule has 0 spiro atoms. The minimum atomic E-state index is 0.0202. The van der Waals surface area contributed by atoms with Gasteiger partial charge in [0.1, 0.15) is 0 Å². The molecule has 6 nitrogen and oxygen atoms in total. The molecule has 2 aliphatic rings. The van der Waals surface area contributed by atoms with Crippen LogP contribution in [0.5, 0.6) is 0 Å². The third-order valence-corrected chi connectivity index (χ3v) is 9.11. The zero-order chi connectivity index (χ0) is 23.4. The van der Waals surface area contributed by atoms with Gasteiger partial charge in [-0.15, -0.1) is 0 Å². The highest BCUT2D eigenvalue weighted by Crippen LogP contribution is 2.44. The smallest absolute Gasteiger partial charge is 0.238 e. The second kappa shape index (κ2) is 7.84. The van der Waals surface area contributed by atoms with E-state index in [1.54, 1.807) is 0 Å². The maximum Gasteiger partial charge on any atom is 0.238 e. The first-order valence-electron chi connectivity index (χ1n) is 12.2.